The molecule has 2 aromatic rings. The Balaban J connectivity index is 1.90. The number of carbonyl (C=O) groups excluding carboxylic acids is 1. The van der Waals surface area contributed by atoms with E-state index in [0.717, 1.165) is 15.6 Å². The first kappa shape index (κ1) is 18.5. The molecule has 142 valence electrons. The van der Waals surface area contributed by atoms with E-state index in [1.165, 1.54) is 4.90 Å². The highest BCUT2D eigenvalue weighted by Crippen LogP contribution is 2.50. The van der Waals surface area contributed by atoms with Gasteiger partial charge in [0.15, 0.2) is 20.8 Å². The topological polar surface area (TPSA) is 63.7 Å². The van der Waals surface area contributed by atoms with Crippen LogP contribution in [0.4, 0.5) is 0 Å². The molecule has 2 heterocycles. The fourth-order valence-corrected chi connectivity index (χ4v) is 6.28. The van der Waals surface area contributed by atoms with E-state index in [-0.39, 0.29) is 4.90 Å². The normalized spacial score (nSPS) is 27.1. The van der Waals surface area contributed by atoms with Crippen LogP contribution in [0.1, 0.15) is 30.4 Å². The molecule has 2 aromatic carbocycles. The number of hydrogen-bond acceptors (Lipinski definition) is 4. The minimum absolute atomic E-state index is 0.173. The summed E-state index contributed by atoms with van der Waals surface area (Å²) in [4.78, 5) is 14.8. The molecule has 2 aliphatic rings. The zero-order valence-electron chi connectivity index (χ0n) is 15.3. The van der Waals surface area contributed by atoms with Crippen molar-refractivity contribution >= 4 is 31.7 Å². The monoisotopic (exact) mass is 449 g/mol. The van der Waals surface area contributed by atoms with Crippen LogP contribution in [-0.4, -0.2) is 37.2 Å². The smallest absolute Gasteiger partial charge is 0.244 e. The molecule has 1 saturated heterocycles. The van der Waals surface area contributed by atoms with Gasteiger partial charge in [0, 0.05) is 29.4 Å². The number of rotatable bonds is 2. The maximum atomic E-state index is 13.5. The summed E-state index contributed by atoms with van der Waals surface area (Å²) >= 11 is 3.44. The van der Waals surface area contributed by atoms with Crippen molar-refractivity contribution in [3.63, 3.8) is 0 Å². The van der Waals surface area contributed by atoms with Crippen molar-refractivity contribution in [1.29, 1.82) is 0 Å². The zero-order valence-corrected chi connectivity index (χ0v) is 17.7. The van der Waals surface area contributed by atoms with Gasteiger partial charge in [-0.05, 0) is 44.2 Å². The summed E-state index contributed by atoms with van der Waals surface area (Å²) in [5.74, 6) is -0.272. The van der Waals surface area contributed by atoms with E-state index in [1.807, 2.05) is 32.0 Å². The van der Waals surface area contributed by atoms with Crippen molar-refractivity contribution in [3.05, 3.63) is 58.1 Å². The minimum atomic E-state index is -3.86. The molecule has 1 amide bonds. The highest BCUT2D eigenvalue weighted by molar-refractivity contribution is 9.10. The number of fused-ring (bicyclic) bond motifs is 4. The predicted octanol–water partition coefficient (Wildman–Crippen LogP) is 3.65. The average molecular weight is 450 g/mol. The molecule has 0 aromatic heterocycles. The molecule has 4 rings (SSSR count). The van der Waals surface area contributed by atoms with Crippen LogP contribution in [0, 0.1) is 6.92 Å². The first-order valence-electron chi connectivity index (χ1n) is 8.70. The van der Waals surface area contributed by atoms with E-state index in [9.17, 15) is 13.2 Å². The number of sulfone groups is 1. The lowest BCUT2D eigenvalue weighted by Crippen LogP contribution is -2.64. The summed E-state index contributed by atoms with van der Waals surface area (Å²) in [6.45, 7) is 3.73. The van der Waals surface area contributed by atoms with Gasteiger partial charge in [0.1, 0.15) is 5.75 Å². The molecule has 0 N–H and O–H groups in total. The van der Waals surface area contributed by atoms with Gasteiger partial charge in [-0.15, -0.1) is 0 Å². The number of likely N-dealkylation sites (tertiary alicyclic amines) is 1. The van der Waals surface area contributed by atoms with Crippen LogP contribution in [-0.2, 0) is 14.6 Å². The summed E-state index contributed by atoms with van der Waals surface area (Å²) in [5, 5.41) is -1.17. The summed E-state index contributed by atoms with van der Waals surface area (Å²) in [6, 6.07) is 12.2. The van der Waals surface area contributed by atoms with Gasteiger partial charge in [-0.2, -0.15) is 0 Å². The molecule has 27 heavy (non-hydrogen) atoms. The second-order valence-electron chi connectivity index (χ2n) is 7.45. The van der Waals surface area contributed by atoms with E-state index < -0.39 is 32.6 Å². The molecule has 0 unspecified atom stereocenters. The lowest BCUT2D eigenvalue weighted by molar-refractivity contribution is -0.159. The van der Waals surface area contributed by atoms with Crippen LogP contribution in [0.25, 0.3) is 0 Å². The Hall–Kier alpha value is -1.86. The van der Waals surface area contributed by atoms with E-state index in [1.54, 1.807) is 31.3 Å². The summed E-state index contributed by atoms with van der Waals surface area (Å²) < 4.78 is 33.8. The number of benzene rings is 2. The molecule has 7 heteroatoms. The van der Waals surface area contributed by atoms with Crippen molar-refractivity contribution in [2.45, 2.75) is 42.1 Å². The van der Waals surface area contributed by atoms with Crippen LogP contribution in [0.15, 0.2) is 51.8 Å². The summed E-state index contributed by atoms with van der Waals surface area (Å²) in [6.07, 6.45) is 0.425. The van der Waals surface area contributed by atoms with Gasteiger partial charge in [-0.1, -0.05) is 33.6 Å². The average Bonchev–Trinajstić information content (AvgIpc) is 2.61. The maximum Gasteiger partial charge on any atom is 0.244 e. The van der Waals surface area contributed by atoms with E-state index in [4.69, 9.17) is 4.74 Å². The summed E-state index contributed by atoms with van der Waals surface area (Å²) in [7, 11) is -2.24. The van der Waals surface area contributed by atoms with Gasteiger partial charge >= 0.3 is 0 Å². The number of amides is 1. The van der Waals surface area contributed by atoms with Crippen LogP contribution in [0.3, 0.4) is 0 Å². The Kier molecular flexibility index (Phi) is 4.16. The number of carbonyl (C=O) groups is 1. The van der Waals surface area contributed by atoms with Crippen molar-refractivity contribution in [2.24, 2.45) is 0 Å². The lowest BCUT2D eigenvalue weighted by Gasteiger charge is -2.51. The minimum Gasteiger partial charge on any atom is -0.468 e. The third kappa shape index (κ3) is 2.79. The lowest BCUT2D eigenvalue weighted by atomic mass is 9.80. The number of ether oxygens (including phenoxy) is 1. The Bertz CT molecular complexity index is 1030. The van der Waals surface area contributed by atoms with Crippen LogP contribution < -0.4 is 4.74 Å². The predicted molar refractivity (Wildman–Crippen MR) is 105 cm³/mol. The quantitative estimate of drug-likeness (QED) is 0.701. The standard InChI is InChI=1S/C20H20BrNO4S/c1-12-4-7-14(8-5-12)27(24,25)18-16-11-20(2,22(3)19(18)23)26-17-9-6-13(21)10-15(16)17/h4-10,16,18H,11H2,1-3H3/t16-,18-,20+/m0/s1. The van der Waals surface area contributed by atoms with Crippen LogP contribution >= 0.6 is 15.9 Å². The van der Waals surface area contributed by atoms with Crippen molar-refractivity contribution in [3.8, 4) is 5.75 Å². The zero-order chi connectivity index (χ0) is 19.6. The second-order valence-corrected chi connectivity index (χ2v) is 10.4. The van der Waals surface area contributed by atoms with Crippen molar-refractivity contribution in [2.75, 3.05) is 7.05 Å². The molecule has 3 atom stereocenters. The Morgan fingerprint density at radius 2 is 1.85 bits per heavy atom. The fraction of sp³-hybridized carbons (Fsp3) is 0.350. The van der Waals surface area contributed by atoms with Crippen LogP contribution in [0.2, 0.25) is 0 Å². The SMILES string of the molecule is Cc1ccc(S(=O)(=O)[C@@H]2C(=O)N(C)[C@@]3(C)C[C@H]2c2cc(Br)ccc2O3)cc1. The third-order valence-electron chi connectivity index (χ3n) is 5.63. The number of piperidine rings is 1. The fourth-order valence-electron chi connectivity index (χ4n) is 3.99. The largest absolute Gasteiger partial charge is 0.468 e. The highest BCUT2D eigenvalue weighted by Gasteiger charge is 2.57. The van der Waals surface area contributed by atoms with Gasteiger partial charge in [-0.25, -0.2) is 8.42 Å². The molecule has 0 saturated carbocycles. The van der Waals surface area contributed by atoms with E-state index >= 15 is 0 Å². The number of halogens is 1. The highest BCUT2D eigenvalue weighted by atomic mass is 79.9. The molecule has 0 spiro atoms. The first-order chi connectivity index (χ1) is 12.6. The van der Waals surface area contributed by atoms with Gasteiger partial charge in [0.25, 0.3) is 0 Å². The molecular formula is C20H20BrNO4S. The van der Waals surface area contributed by atoms with Gasteiger partial charge in [0.05, 0.1) is 4.90 Å². The van der Waals surface area contributed by atoms with Gasteiger partial charge in [0.2, 0.25) is 5.91 Å². The maximum absolute atomic E-state index is 13.5. The Morgan fingerprint density at radius 1 is 1.19 bits per heavy atom. The molecular weight excluding hydrogens is 430 g/mol. The van der Waals surface area contributed by atoms with Crippen LogP contribution in [0.5, 0.6) is 5.75 Å². The molecule has 2 aliphatic heterocycles. The van der Waals surface area contributed by atoms with E-state index in [2.05, 4.69) is 15.9 Å². The third-order valence-corrected chi connectivity index (χ3v) is 8.25. The van der Waals surface area contributed by atoms with Crippen molar-refractivity contribution < 1.29 is 17.9 Å². The number of hydrogen-bond donors (Lipinski definition) is 0. The number of nitrogens with zero attached hydrogens (tertiary/aromatic N) is 1. The molecule has 5 nitrogen and oxygen atoms in total. The Labute approximate surface area is 167 Å². The molecule has 0 aliphatic carbocycles. The number of aryl methyl sites for hydroxylation is 1. The molecule has 0 radical (unpaired) electrons. The van der Waals surface area contributed by atoms with Gasteiger partial charge < -0.3 is 9.64 Å². The first-order valence-corrected chi connectivity index (χ1v) is 11.0. The Morgan fingerprint density at radius 3 is 2.52 bits per heavy atom. The summed E-state index contributed by atoms with van der Waals surface area (Å²) in [5.41, 5.74) is 0.861. The van der Waals surface area contributed by atoms with Gasteiger partial charge in [-0.3, -0.25) is 4.79 Å². The molecule has 1 fully saturated rings. The second kappa shape index (κ2) is 6.07. The van der Waals surface area contributed by atoms with Crippen molar-refractivity contribution in [1.82, 2.24) is 4.90 Å². The molecule has 2 bridgehead atoms. The van der Waals surface area contributed by atoms with E-state index in [0.29, 0.717) is 12.2 Å².